The SMILES string of the molecule is Cc1nnc(N2CCN(C/C=C/c3ccccc3)CC2)[nH]c1=O. The van der Waals surface area contributed by atoms with E-state index in [0.29, 0.717) is 11.6 Å². The molecule has 0 aliphatic carbocycles. The molecule has 0 atom stereocenters. The van der Waals surface area contributed by atoms with Crippen molar-refractivity contribution in [1.29, 1.82) is 0 Å². The maximum atomic E-state index is 11.6. The van der Waals surface area contributed by atoms with Gasteiger partial charge in [0.05, 0.1) is 0 Å². The predicted octanol–water partition coefficient (Wildman–Crippen LogP) is 1.31. The first-order chi connectivity index (χ1) is 11.2. The number of nitrogens with zero attached hydrogens (tertiary/aromatic N) is 4. The molecule has 3 rings (SSSR count). The molecule has 2 aromatic rings. The highest BCUT2D eigenvalue weighted by molar-refractivity contribution is 5.48. The van der Waals surface area contributed by atoms with E-state index in [0.717, 1.165) is 32.7 Å². The van der Waals surface area contributed by atoms with E-state index in [1.54, 1.807) is 6.92 Å². The summed E-state index contributed by atoms with van der Waals surface area (Å²) in [6.45, 7) is 6.15. The first-order valence-corrected chi connectivity index (χ1v) is 7.85. The first-order valence-electron chi connectivity index (χ1n) is 7.85. The number of nitrogens with one attached hydrogen (secondary N) is 1. The number of rotatable bonds is 4. The van der Waals surface area contributed by atoms with Crippen LogP contribution in [-0.2, 0) is 0 Å². The molecule has 1 fully saturated rings. The maximum Gasteiger partial charge on any atom is 0.273 e. The molecule has 1 aliphatic rings. The lowest BCUT2D eigenvalue weighted by Gasteiger charge is -2.34. The van der Waals surface area contributed by atoms with Crippen LogP contribution in [0.1, 0.15) is 11.3 Å². The molecule has 6 heteroatoms. The van der Waals surface area contributed by atoms with Gasteiger partial charge in [0, 0.05) is 32.7 Å². The smallest absolute Gasteiger partial charge is 0.273 e. The van der Waals surface area contributed by atoms with Crippen molar-refractivity contribution in [2.75, 3.05) is 37.6 Å². The van der Waals surface area contributed by atoms with E-state index in [1.807, 2.05) is 18.2 Å². The average molecular weight is 311 g/mol. The zero-order chi connectivity index (χ0) is 16.1. The van der Waals surface area contributed by atoms with Gasteiger partial charge in [0.1, 0.15) is 5.69 Å². The summed E-state index contributed by atoms with van der Waals surface area (Å²) in [5.41, 5.74) is 1.46. The summed E-state index contributed by atoms with van der Waals surface area (Å²) in [6, 6.07) is 10.3. The van der Waals surface area contributed by atoms with Gasteiger partial charge in [0.25, 0.3) is 5.56 Å². The van der Waals surface area contributed by atoms with Crippen molar-refractivity contribution >= 4 is 12.0 Å². The van der Waals surface area contributed by atoms with Gasteiger partial charge in [-0.3, -0.25) is 14.7 Å². The molecule has 0 bridgehead atoms. The Morgan fingerprint density at radius 1 is 1.13 bits per heavy atom. The number of hydrogen-bond acceptors (Lipinski definition) is 5. The number of hydrogen-bond donors (Lipinski definition) is 1. The monoisotopic (exact) mass is 311 g/mol. The fourth-order valence-corrected chi connectivity index (χ4v) is 2.57. The molecule has 23 heavy (non-hydrogen) atoms. The molecule has 1 N–H and O–H groups in total. The number of piperazine rings is 1. The van der Waals surface area contributed by atoms with Crippen molar-refractivity contribution in [3.8, 4) is 0 Å². The minimum atomic E-state index is -0.164. The molecule has 1 saturated heterocycles. The van der Waals surface area contributed by atoms with Crippen LogP contribution < -0.4 is 10.5 Å². The number of H-pyrrole nitrogens is 1. The van der Waals surface area contributed by atoms with Gasteiger partial charge >= 0.3 is 0 Å². The number of benzene rings is 1. The Hall–Kier alpha value is -2.47. The number of anilines is 1. The molecule has 1 aromatic carbocycles. The van der Waals surface area contributed by atoms with E-state index in [1.165, 1.54) is 5.56 Å². The summed E-state index contributed by atoms with van der Waals surface area (Å²) in [5, 5.41) is 7.97. The van der Waals surface area contributed by atoms with Gasteiger partial charge in [-0.25, -0.2) is 0 Å². The molecule has 120 valence electrons. The highest BCUT2D eigenvalue weighted by Gasteiger charge is 2.18. The van der Waals surface area contributed by atoms with E-state index < -0.39 is 0 Å². The third-order valence-electron chi connectivity index (χ3n) is 3.99. The van der Waals surface area contributed by atoms with E-state index in [4.69, 9.17) is 0 Å². The second-order valence-corrected chi connectivity index (χ2v) is 5.66. The Bertz CT molecular complexity index is 717. The van der Waals surface area contributed by atoms with Crippen molar-refractivity contribution < 1.29 is 0 Å². The second kappa shape index (κ2) is 7.19. The summed E-state index contributed by atoms with van der Waals surface area (Å²) in [5.74, 6) is 0.570. The van der Waals surface area contributed by atoms with Gasteiger partial charge in [-0.2, -0.15) is 0 Å². The zero-order valence-electron chi connectivity index (χ0n) is 13.3. The lowest BCUT2D eigenvalue weighted by Crippen LogP contribution is -2.47. The molecule has 0 amide bonds. The van der Waals surface area contributed by atoms with Crippen molar-refractivity contribution in [2.24, 2.45) is 0 Å². The van der Waals surface area contributed by atoms with Crippen LogP contribution in [0.4, 0.5) is 5.95 Å². The molecular weight excluding hydrogens is 290 g/mol. The van der Waals surface area contributed by atoms with Gasteiger partial charge in [0.15, 0.2) is 0 Å². The van der Waals surface area contributed by atoms with E-state index in [9.17, 15) is 4.79 Å². The second-order valence-electron chi connectivity index (χ2n) is 5.66. The molecule has 1 aliphatic heterocycles. The fourth-order valence-electron chi connectivity index (χ4n) is 2.57. The maximum absolute atomic E-state index is 11.6. The minimum Gasteiger partial charge on any atom is -0.338 e. The van der Waals surface area contributed by atoms with Crippen molar-refractivity contribution in [3.05, 3.63) is 58.0 Å². The highest BCUT2D eigenvalue weighted by Crippen LogP contribution is 2.09. The number of aromatic amines is 1. The molecule has 1 aromatic heterocycles. The lowest BCUT2D eigenvalue weighted by molar-refractivity contribution is 0.282. The van der Waals surface area contributed by atoms with Gasteiger partial charge in [-0.15, -0.1) is 10.2 Å². The summed E-state index contributed by atoms with van der Waals surface area (Å²) < 4.78 is 0. The van der Waals surface area contributed by atoms with Crippen LogP contribution in [0.15, 0.2) is 41.2 Å². The van der Waals surface area contributed by atoms with Gasteiger partial charge in [0.2, 0.25) is 5.95 Å². The Morgan fingerprint density at radius 2 is 1.87 bits per heavy atom. The third-order valence-corrected chi connectivity index (χ3v) is 3.99. The van der Waals surface area contributed by atoms with Gasteiger partial charge in [-0.1, -0.05) is 42.5 Å². The van der Waals surface area contributed by atoms with Crippen LogP contribution >= 0.6 is 0 Å². The first kappa shape index (κ1) is 15.4. The quantitative estimate of drug-likeness (QED) is 0.922. The topological polar surface area (TPSA) is 65.1 Å². The van der Waals surface area contributed by atoms with Gasteiger partial charge in [-0.05, 0) is 12.5 Å². The molecular formula is C17H21N5O. The minimum absolute atomic E-state index is 0.164. The van der Waals surface area contributed by atoms with Crippen LogP contribution in [-0.4, -0.2) is 52.8 Å². The summed E-state index contributed by atoms with van der Waals surface area (Å²) in [7, 11) is 0. The van der Waals surface area contributed by atoms with Crippen molar-refractivity contribution in [2.45, 2.75) is 6.92 Å². The molecule has 6 nitrogen and oxygen atoms in total. The van der Waals surface area contributed by atoms with Crippen LogP contribution in [0.25, 0.3) is 6.08 Å². The average Bonchev–Trinajstić information content (AvgIpc) is 2.59. The Balaban J connectivity index is 1.51. The zero-order valence-corrected chi connectivity index (χ0v) is 13.3. The number of aryl methyl sites for hydroxylation is 1. The lowest BCUT2D eigenvalue weighted by atomic mass is 10.2. The summed E-state index contributed by atoms with van der Waals surface area (Å²) in [4.78, 5) is 18.9. The van der Waals surface area contributed by atoms with Crippen molar-refractivity contribution in [1.82, 2.24) is 20.1 Å². The largest absolute Gasteiger partial charge is 0.338 e. The summed E-state index contributed by atoms with van der Waals surface area (Å²) in [6.07, 6.45) is 4.34. The molecule has 0 radical (unpaired) electrons. The number of aromatic nitrogens is 3. The van der Waals surface area contributed by atoms with Crippen LogP contribution in [0.2, 0.25) is 0 Å². The fraction of sp³-hybridized carbons (Fsp3) is 0.353. The Morgan fingerprint density at radius 3 is 2.57 bits per heavy atom. The van der Waals surface area contributed by atoms with Crippen LogP contribution in [0.3, 0.4) is 0 Å². The van der Waals surface area contributed by atoms with Crippen LogP contribution in [0.5, 0.6) is 0 Å². The molecule has 0 unspecified atom stereocenters. The Kier molecular flexibility index (Phi) is 4.83. The Labute approximate surface area is 135 Å². The highest BCUT2D eigenvalue weighted by atomic mass is 16.1. The van der Waals surface area contributed by atoms with Crippen LogP contribution in [0, 0.1) is 6.92 Å². The normalized spacial score (nSPS) is 16.1. The molecule has 0 spiro atoms. The molecule has 0 saturated carbocycles. The predicted molar refractivity (Wildman–Crippen MR) is 91.5 cm³/mol. The van der Waals surface area contributed by atoms with E-state index >= 15 is 0 Å². The summed E-state index contributed by atoms with van der Waals surface area (Å²) >= 11 is 0. The van der Waals surface area contributed by atoms with Gasteiger partial charge < -0.3 is 4.90 Å². The third kappa shape index (κ3) is 4.04. The van der Waals surface area contributed by atoms with E-state index in [-0.39, 0.29) is 5.56 Å². The van der Waals surface area contributed by atoms with E-state index in [2.05, 4.69) is 49.3 Å². The van der Waals surface area contributed by atoms with Crippen molar-refractivity contribution in [3.63, 3.8) is 0 Å². The molecule has 2 heterocycles. The standard InChI is InChI=1S/C17H21N5O/c1-14-16(23)18-17(20-19-14)22-12-10-21(11-13-22)9-5-8-15-6-3-2-4-7-15/h2-8H,9-13H2,1H3,(H,18,20,23)/b8-5+.